The van der Waals surface area contributed by atoms with E-state index in [0.717, 1.165) is 4.90 Å². The minimum atomic E-state index is 1.10. The summed E-state index contributed by atoms with van der Waals surface area (Å²) in [7, 11) is 4.10. The second kappa shape index (κ2) is 3.40. The minimum absolute atomic E-state index is 1.10. The van der Waals surface area contributed by atoms with E-state index < -0.39 is 0 Å². The third-order valence-corrected chi connectivity index (χ3v) is 2.70. The first kappa shape index (κ1) is 9.46. The van der Waals surface area contributed by atoms with Crippen LogP contribution in [-0.4, -0.2) is 14.1 Å². The van der Waals surface area contributed by atoms with E-state index in [0.29, 0.717) is 0 Å². The van der Waals surface area contributed by atoms with Crippen molar-refractivity contribution in [2.75, 3.05) is 19.0 Å². The van der Waals surface area contributed by atoms with Crippen molar-refractivity contribution in [3.8, 4) is 0 Å². The molecular formula is C10H15NS. The molecule has 0 spiro atoms. The van der Waals surface area contributed by atoms with Gasteiger partial charge in [-0.15, -0.1) is 12.6 Å². The molecule has 0 unspecified atom stereocenters. The fourth-order valence-corrected chi connectivity index (χ4v) is 1.32. The summed E-state index contributed by atoms with van der Waals surface area (Å²) < 4.78 is 0. The molecule has 66 valence electrons. The van der Waals surface area contributed by atoms with Gasteiger partial charge in [0.2, 0.25) is 0 Å². The van der Waals surface area contributed by atoms with Crippen LogP contribution in [0.3, 0.4) is 0 Å². The Morgan fingerprint density at radius 1 is 1.08 bits per heavy atom. The zero-order chi connectivity index (χ0) is 9.30. The van der Waals surface area contributed by atoms with Crippen LogP contribution in [0.15, 0.2) is 17.0 Å². The summed E-state index contributed by atoms with van der Waals surface area (Å²) in [4.78, 5) is 3.20. The Labute approximate surface area is 79.8 Å². The summed E-state index contributed by atoms with van der Waals surface area (Å²) in [6, 6.07) is 4.30. The highest BCUT2D eigenvalue weighted by Crippen LogP contribution is 2.24. The van der Waals surface area contributed by atoms with Crippen molar-refractivity contribution in [2.45, 2.75) is 18.7 Å². The van der Waals surface area contributed by atoms with Crippen molar-refractivity contribution in [3.63, 3.8) is 0 Å². The van der Waals surface area contributed by atoms with Crippen LogP contribution < -0.4 is 4.90 Å². The van der Waals surface area contributed by atoms with Crippen molar-refractivity contribution in [1.82, 2.24) is 0 Å². The second-order valence-corrected chi connectivity index (χ2v) is 3.77. The van der Waals surface area contributed by atoms with Gasteiger partial charge in [0.15, 0.2) is 0 Å². The molecule has 0 aliphatic heterocycles. The van der Waals surface area contributed by atoms with E-state index in [1.807, 2.05) is 14.1 Å². The number of rotatable bonds is 1. The number of hydrogen-bond donors (Lipinski definition) is 1. The van der Waals surface area contributed by atoms with Gasteiger partial charge >= 0.3 is 0 Å². The Morgan fingerprint density at radius 2 is 1.50 bits per heavy atom. The van der Waals surface area contributed by atoms with Crippen molar-refractivity contribution in [2.24, 2.45) is 0 Å². The molecule has 0 aromatic heterocycles. The van der Waals surface area contributed by atoms with E-state index >= 15 is 0 Å². The first-order valence-electron chi connectivity index (χ1n) is 4.00. The van der Waals surface area contributed by atoms with E-state index in [1.54, 1.807) is 0 Å². The molecule has 2 heteroatoms. The van der Waals surface area contributed by atoms with Crippen LogP contribution in [0.25, 0.3) is 0 Å². The van der Waals surface area contributed by atoms with Gasteiger partial charge in [0.05, 0.1) is 0 Å². The summed E-state index contributed by atoms with van der Waals surface area (Å²) in [5.41, 5.74) is 3.71. The molecule has 0 fully saturated rings. The summed E-state index contributed by atoms with van der Waals surface area (Å²) >= 11 is 4.41. The second-order valence-electron chi connectivity index (χ2n) is 3.32. The van der Waals surface area contributed by atoms with Gasteiger partial charge in [-0.05, 0) is 37.1 Å². The van der Waals surface area contributed by atoms with Gasteiger partial charge in [-0.25, -0.2) is 0 Å². The molecule has 0 saturated carbocycles. The average Bonchev–Trinajstić information content (AvgIpc) is 1.99. The number of hydrogen-bond acceptors (Lipinski definition) is 2. The van der Waals surface area contributed by atoms with Crippen LogP contribution >= 0.6 is 12.6 Å². The van der Waals surface area contributed by atoms with Crippen molar-refractivity contribution in [3.05, 3.63) is 23.3 Å². The highest BCUT2D eigenvalue weighted by Gasteiger charge is 2.01. The van der Waals surface area contributed by atoms with Gasteiger partial charge in [-0.2, -0.15) is 0 Å². The number of thiol groups is 1. The molecule has 1 aromatic carbocycles. The quantitative estimate of drug-likeness (QED) is 0.652. The van der Waals surface area contributed by atoms with E-state index in [1.165, 1.54) is 16.8 Å². The summed E-state index contributed by atoms with van der Waals surface area (Å²) in [5.74, 6) is 0. The molecule has 0 aliphatic rings. The first-order valence-corrected chi connectivity index (χ1v) is 4.44. The van der Waals surface area contributed by atoms with Crippen molar-refractivity contribution in [1.29, 1.82) is 0 Å². The molecule has 12 heavy (non-hydrogen) atoms. The first-order chi connectivity index (χ1) is 5.52. The third kappa shape index (κ3) is 1.75. The Balaban J connectivity index is 3.21. The highest BCUT2D eigenvalue weighted by molar-refractivity contribution is 7.80. The number of anilines is 1. The minimum Gasteiger partial charge on any atom is -0.378 e. The molecule has 1 nitrogen and oxygen atoms in total. The molecule has 0 radical (unpaired) electrons. The molecule has 1 rings (SSSR count). The summed E-state index contributed by atoms with van der Waals surface area (Å²) in [5, 5.41) is 0. The topological polar surface area (TPSA) is 3.24 Å². The molecule has 0 saturated heterocycles. The molecule has 1 aromatic rings. The van der Waals surface area contributed by atoms with Crippen LogP contribution in [-0.2, 0) is 0 Å². The van der Waals surface area contributed by atoms with E-state index in [-0.39, 0.29) is 0 Å². The van der Waals surface area contributed by atoms with Crippen LogP contribution in [0, 0.1) is 13.8 Å². The normalized spacial score (nSPS) is 10.1. The molecule has 0 amide bonds. The Kier molecular flexibility index (Phi) is 2.68. The maximum atomic E-state index is 4.41. The maximum absolute atomic E-state index is 4.41. The molecule has 0 N–H and O–H groups in total. The van der Waals surface area contributed by atoms with Crippen molar-refractivity contribution >= 4 is 18.3 Å². The van der Waals surface area contributed by atoms with Gasteiger partial charge < -0.3 is 4.90 Å². The lowest BCUT2D eigenvalue weighted by atomic mass is 10.1. The largest absolute Gasteiger partial charge is 0.378 e. The lowest BCUT2D eigenvalue weighted by molar-refractivity contribution is 1.10. The Bertz CT molecular complexity index is 269. The van der Waals surface area contributed by atoms with E-state index in [4.69, 9.17) is 0 Å². The Morgan fingerprint density at radius 3 is 1.83 bits per heavy atom. The summed E-state index contributed by atoms with van der Waals surface area (Å²) in [6.45, 7) is 4.17. The van der Waals surface area contributed by atoms with E-state index in [2.05, 4.69) is 43.5 Å². The molecule has 0 atom stereocenters. The number of nitrogens with zero attached hydrogens (tertiary/aromatic N) is 1. The van der Waals surface area contributed by atoms with Crippen LogP contribution in [0.4, 0.5) is 5.69 Å². The predicted octanol–water partition coefficient (Wildman–Crippen LogP) is 2.66. The van der Waals surface area contributed by atoms with Gasteiger partial charge in [-0.1, -0.05) is 0 Å². The number of benzene rings is 1. The monoisotopic (exact) mass is 181 g/mol. The van der Waals surface area contributed by atoms with Crippen molar-refractivity contribution < 1.29 is 0 Å². The fourth-order valence-electron chi connectivity index (χ4n) is 1.19. The summed E-state index contributed by atoms with van der Waals surface area (Å²) in [6.07, 6.45) is 0. The zero-order valence-electron chi connectivity index (χ0n) is 8.05. The fraction of sp³-hybridized carbons (Fsp3) is 0.400. The van der Waals surface area contributed by atoms with Gasteiger partial charge in [0, 0.05) is 24.7 Å². The predicted molar refractivity (Wildman–Crippen MR) is 57.5 cm³/mol. The van der Waals surface area contributed by atoms with Gasteiger partial charge in [-0.3, -0.25) is 0 Å². The third-order valence-electron chi connectivity index (χ3n) is 1.99. The standard InChI is InChI=1S/C10H15NS/c1-7-5-9(11(3)4)6-8(2)10(7)12/h5-6,12H,1-4H3. The van der Waals surface area contributed by atoms with Crippen LogP contribution in [0.2, 0.25) is 0 Å². The SMILES string of the molecule is Cc1cc(N(C)C)cc(C)c1S. The van der Waals surface area contributed by atoms with Crippen LogP contribution in [0.5, 0.6) is 0 Å². The molecule has 0 heterocycles. The molecule has 0 aliphatic carbocycles. The molecule has 0 bridgehead atoms. The number of aryl methyl sites for hydroxylation is 2. The maximum Gasteiger partial charge on any atom is 0.0367 e. The zero-order valence-corrected chi connectivity index (χ0v) is 8.94. The highest BCUT2D eigenvalue weighted by atomic mass is 32.1. The van der Waals surface area contributed by atoms with Crippen LogP contribution in [0.1, 0.15) is 11.1 Å². The van der Waals surface area contributed by atoms with Gasteiger partial charge in [0.25, 0.3) is 0 Å². The lowest BCUT2D eigenvalue weighted by Crippen LogP contribution is -2.09. The smallest absolute Gasteiger partial charge is 0.0367 e. The molecular weight excluding hydrogens is 166 g/mol. The van der Waals surface area contributed by atoms with Gasteiger partial charge in [0.1, 0.15) is 0 Å². The van der Waals surface area contributed by atoms with E-state index in [9.17, 15) is 0 Å². The lowest BCUT2D eigenvalue weighted by Gasteiger charge is -2.15. The average molecular weight is 181 g/mol. The Hall–Kier alpha value is -0.630.